The number of benzene rings is 1. The third kappa shape index (κ3) is 2.65. The van der Waals surface area contributed by atoms with Gasteiger partial charge in [-0.05, 0) is 31.0 Å². The molecule has 1 fully saturated rings. The van der Waals surface area contributed by atoms with Crippen molar-refractivity contribution in [2.45, 2.75) is 29.9 Å². The van der Waals surface area contributed by atoms with E-state index in [1.54, 1.807) is 0 Å². The van der Waals surface area contributed by atoms with Crippen molar-refractivity contribution in [1.82, 2.24) is 4.72 Å². The molecular weight excluding hydrogens is 276 g/mol. The number of aliphatic hydroxyl groups is 1. The number of nitriles is 1. The van der Waals surface area contributed by atoms with E-state index in [1.807, 2.05) is 6.07 Å². The van der Waals surface area contributed by atoms with Crippen molar-refractivity contribution < 1.29 is 13.5 Å². The van der Waals surface area contributed by atoms with Gasteiger partial charge in [-0.1, -0.05) is 11.6 Å². The monoisotopic (exact) mass is 286 g/mol. The van der Waals surface area contributed by atoms with Crippen molar-refractivity contribution in [3.05, 3.63) is 28.8 Å². The van der Waals surface area contributed by atoms with Crippen LogP contribution in [0.2, 0.25) is 5.02 Å². The van der Waals surface area contributed by atoms with E-state index in [0.717, 1.165) is 0 Å². The van der Waals surface area contributed by atoms with E-state index in [-0.39, 0.29) is 21.5 Å². The summed E-state index contributed by atoms with van der Waals surface area (Å²) in [7, 11) is -3.65. The molecule has 2 rings (SSSR count). The van der Waals surface area contributed by atoms with Crippen LogP contribution < -0.4 is 4.72 Å². The van der Waals surface area contributed by atoms with Gasteiger partial charge in [-0.2, -0.15) is 5.26 Å². The Balaban J connectivity index is 2.20. The van der Waals surface area contributed by atoms with E-state index in [0.29, 0.717) is 12.8 Å². The fraction of sp³-hybridized carbons (Fsp3) is 0.364. The van der Waals surface area contributed by atoms with Crippen LogP contribution in [-0.2, 0) is 10.0 Å². The zero-order valence-corrected chi connectivity index (χ0v) is 10.9. The molecule has 0 spiro atoms. The first-order chi connectivity index (χ1) is 8.42. The van der Waals surface area contributed by atoms with Crippen LogP contribution in [0, 0.1) is 11.3 Å². The molecule has 5 nitrogen and oxygen atoms in total. The molecule has 0 bridgehead atoms. The summed E-state index contributed by atoms with van der Waals surface area (Å²) in [5, 5.41) is 17.9. The first-order valence-electron chi connectivity index (χ1n) is 5.32. The Kier molecular flexibility index (Phi) is 3.59. The first-order valence-corrected chi connectivity index (χ1v) is 7.18. The van der Waals surface area contributed by atoms with Crippen LogP contribution in [0.15, 0.2) is 23.1 Å². The molecule has 0 unspecified atom stereocenters. The average molecular weight is 287 g/mol. The lowest BCUT2D eigenvalue weighted by atomic mass is 9.91. The molecule has 1 aromatic rings. The summed E-state index contributed by atoms with van der Waals surface area (Å²) in [4.78, 5) is 0.0212. The zero-order chi connectivity index (χ0) is 13.3. The largest absolute Gasteiger partial charge is 0.393 e. The molecule has 1 aliphatic carbocycles. The van der Waals surface area contributed by atoms with Crippen LogP contribution >= 0.6 is 11.6 Å². The Bertz CT molecular complexity index is 603. The number of nitrogens with one attached hydrogen (secondary N) is 1. The number of halogens is 1. The smallest absolute Gasteiger partial charge is 0.240 e. The lowest BCUT2D eigenvalue weighted by molar-refractivity contribution is 0.0712. The van der Waals surface area contributed by atoms with Crippen LogP contribution in [-0.4, -0.2) is 25.7 Å². The quantitative estimate of drug-likeness (QED) is 0.868. The van der Waals surface area contributed by atoms with Gasteiger partial charge in [0.05, 0.1) is 21.6 Å². The molecule has 0 amide bonds. The second-order valence-electron chi connectivity index (χ2n) is 4.20. The highest BCUT2D eigenvalue weighted by Gasteiger charge is 2.31. The van der Waals surface area contributed by atoms with Crippen LogP contribution in [0.25, 0.3) is 0 Å². The highest BCUT2D eigenvalue weighted by molar-refractivity contribution is 7.89. The maximum Gasteiger partial charge on any atom is 0.240 e. The van der Waals surface area contributed by atoms with E-state index in [4.69, 9.17) is 22.0 Å². The number of sulfonamides is 1. The Morgan fingerprint density at radius 1 is 1.44 bits per heavy atom. The fourth-order valence-electron chi connectivity index (χ4n) is 1.73. The first kappa shape index (κ1) is 13.3. The maximum atomic E-state index is 12.0. The molecular formula is C11H11ClN2O3S. The average Bonchev–Trinajstić information content (AvgIpc) is 2.26. The Labute approximate surface area is 110 Å². The maximum absolute atomic E-state index is 12.0. The second kappa shape index (κ2) is 4.86. The third-order valence-electron chi connectivity index (χ3n) is 2.81. The molecule has 1 aromatic carbocycles. The molecule has 18 heavy (non-hydrogen) atoms. The zero-order valence-electron chi connectivity index (χ0n) is 9.30. The van der Waals surface area contributed by atoms with E-state index < -0.39 is 16.1 Å². The van der Waals surface area contributed by atoms with Gasteiger partial charge in [-0.15, -0.1) is 0 Å². The van der Waals surface area contributed by atoms with Gasteiger partial charge in [0.1, 0.15) is 6.07 Å². The van der Waals surface area contributed by atoms with Crippen LogP contribution in [0.1, 0.15) is 18.4 Å². The Hall–Kier alpha value is -1.13. The Morgan fingerprint density at radius 3 is 2.61 bits per heavy atom. The van der Waals surface area contributed by atoms with E-state index in [1.165, 1.54) is 18.2 Å². The van der Waals surface area contributed by atoms with Gasteiger partial charge in [0.2, 0.25) is 10.0 Å². The summed E-state index contributed by atoms with van der Waals surface area (Å²) >= 11 is 5.79. The van der Waals surface area contributed by atoms with E-state index in [9.17, 15) is 8.42 Å². The van der Waals surface area contributed by atoms with Gasteiger partial charge in [-0.25, -0.2) is 13.1 Å². The van der Waals surface area contributed by atoms with Crippen molar-refractivity contribution in [2.24, 2.45) is 0 Å². The van der Waals surface area contributed by atoms with Gasteiger partial charge in [-0.3, -0.25) is 0 Å². The topological polar surface area (TPSA) is 90.2 Å². The van der Waals surface area contributed by atoms with Crippen molar-refractivity contribution >= 4 is 21.6 Å². The van der Waals surface area contributed by atoms with E-state index >= 15 is 0 Å². The molecule has 7 heteroatoms. The molecule has 0 saturated heterocycles. The molecule has 96 valence electrons. The lowest BCUT2D eigenvalue weighted by Gasteiger charge is -2.31. The Morgan fingerprint density at radius 2 is 2.11 bits per heavy atom. The molecule has 0 radical (unpaired) electrons. The van der Waals surface area contributed by atoms with Crippen molar-refractivity contribution in [1.29, 1.82) is 5.26 Å². The van der Waals surface area contributed by atoms with Crippen LogP contribution in [0.5, 0.6) is 0 Å². The molecule has 0 aliphatic heterocycles. The number of rotatable bonds is 3. The predicted molar refractivity (Wildman–Crippen MR) is 65.5 cm³/mol. The summed E-state index contributed by atoms with van der Waals surface area (Å²) in [5.74, 6) is 0. The minimum absolute atomic E-state index is 0.0212. The van der Waals surface area contributed by atoms with Gasteiger partial charge in [0.15, 0.2) is 0 Å². The SMILES string of the molecule is N#Cc1ccc(S(=O)(=O)NC2CC(O)C2)cc1Cl. The van der Waals surface area contributed by atoms with Gasteiger partial charge in [0.25, 0.3) is 0 Å². The highest BCUT2D eigenvalue weighted by atomic mass is 35.5. The summed E-state index contributed by atoms with van der Waals surface area (Å²) in [6, 6.07) is 5.58. The summed E-state index contributed by atoms with van der Waals surface area (Å²) in [6.45, 7) is 0. The number of hydrogen-bond donors (Lipinski definition) is 2. The predicted octanol–water partition coefficient (Wildman–Crippen LogP) is 1.01. The van der Waals surface area contributed by atoms with Crippen molar-refractivity contribution in [3.8, 4) is 6.07 Å². The second-order valence-corrected chi connectivity index (χ2v) is 6.32. The van der Waals surface area contributed by atoms with Gasteiger partial charge in [0, 0.05) is 6.04 Å². The minimum atomic E-state index is -3.65. The lowest BCUT2D eigenvalue weighted by Crippen LogP contribution is -2.46. The number of aliphatic hydroxyl groups excluding tert-OH is 1. The number of hydrogen-bond acceptors (Lipinski definition) is 4. The minimum Gasteiger partial charge on any atom is -0.393 e. The summed E-state index contributed by atoms with van der Waals surface area (Å²) in [6.07, 6.45) is 0.411. The summed E-state index contributed by atoms with van der Waals surface area (Å²) in [5.41, 5.74) is 0.231. The normalized spacial score (nSPS) is 23.2. The standard InChI is InChI=1S/C11H11ClN2O3S/c12-11-5-10(2-1-7(11)6-13)18(16,17)14-8-3-9(15)4-8/h1-2,5,8-9,14-15H,3-4H2. The third-order valence-corrected chi connectivity index (χ3v) is 4.64. The highest BCUT2D eigenvalue weighted by Crippen LogP contribution is 2.24. The van der Waals surface area contributed by atoms with Gasteiger partial charge < -0.3 is 5.11 Å². The molecule has 0 aromatic heterocycles. The van der Waals surface area contributed by atoms with Gasteiger partial charge >= 0.3 is 0 Å². The molecule has 2 N–H and O–H groups in total. The summed E-state index contributed by atoms with van der Waals surface area (Å²) < 4.78 is 26.4. The van der Waals surface area contributed by atoms with Crippen molar-refractivity contribution in [3.63, 3.8) is 0 Å². The molecule has 0 atom stereocenters. The van der Waals surface area contributed by atoms with Crippen molar-refractivity contribution in [2.75, 3.05) is 0 Å². The van der Waals surface area contributed by atoms with Crippen LogP contribution in [0.4, 0.5) is 0 Å². The molecule has 1 saturated carbocycles. The van der Waals surface area contributed by atoms with E-state index in [2.05, 4.69) is 4.72 Å². The molecule has 1 aliphatic rings. The fourth-order valence-corrected chi connectivity index (χ4v) is 3.30. The number of nitrogens with zero attached hydrogens (tertiary/aromatic N) is 1. The van der Waals surface area contributed by atoms with Crippen LogP contribution in [0.3, 0.4) is 0 Å². The molecule has 0 heterocycles.